The van der Waals surface area contributed by atoms with Crippen LogP contribution in [-0.2, 0) is 24.2 Å². The summed E-state index contributed by atoms with van der Waals surface area (Å²) in [6.07, 6.45) is 0.912. The zero-order valence-electron chi connectivity index (χ0n) is 20.4. The molecule has 0 aliphatic rings. The van der Waals surface area contributed by atoms with Gasteiger partial charge in [-0.2, -0.15) is 0 Å². The number of nitrogens with two attached hydrogens (primary N) is 1. The highest BCUT2D eigenvalue weighted by Crippen LogP contribution is 2.33. The molecule has 0 aliphatic heterocycles. The largest absolute Gasteiger partial charge is 0.478 e. The highest BCUT2D eigenvalue weighted by Gasteiger charge is 2.21. The van der Waals surface area contributed by atoms with E-state index in [1.54, 1.807) is 12.1 Å². The van der Waals surface area contributed by atoms with Gasteiger partial charge in [-0.15, -0.1) is 24.8 Å². The number of carbonyl (C=O) groups is 2. The van der Waals surface area contributed by atoms with Gasteiger partial charge in [-0.1, -0.05) is 49.7 Å². The zero-order valence-corrected chi connectivity index (χ0v) is 22.1. The first kappa shape index (κ1) is 30.1. The Morgan fingerprint density at radius 3 is 2.26 bits per heavy atom. The number of anilines is 1. The summed E-state index contributed by atoms with van der Waals surface area (Å²) in [5, 5.41) is 12.0. The van der Waals surface area contributed by atoms with Crippen LogP contribution in [0.15, 0.2) is 48.5 Å². The van der Waals surface area contributed by atoms with E-state index in [1.807, 2.05) is 13.8 Å². The SMILES string of the molecule is Cc1ccc(-c2c(CC(=O)Nc3cccc(C(=O)O)c3)c(C)nc(CC(C)C)c2CN)cc1.Cl.Cl. The van der Waals surface area contributed by atoms with Crippen molar-refractivity contribution in [2.45, 2.75) is 47.1 Å². The first-order valence-corrected chi connectivity index (χ1v) is 11.1. The minimum atomic E-state index is -1.04. The molecule has 0 bridgehead atoms. The van der Waals surface area contributed by atoms with E-state index in [0.717, 1.165) is 45.6 Å². The average molecular weight is 518 g/mol. The number of nitrogens with one attached hydrogen (secondary N) is 1. The van der Waals surface area contributed by atoms with Crippen molar-refractivity contribution in [2.75, 3.05) is 5.32 Å². The number of aromatic carboxylic acids is 1. The van der Waals surface area contributed by atoms with Gasteiger partial charge in [0.2, 0.25) is 5.91 Å². The van der Waals surface area contributed by atoms with Gasteiger partial charge in [0.05, 0.1) is 12.0 Å². The third-order valence-electron chi connectivity index (χ3n) is 5.57. The van der Waals surface area contributed by atoms with Crippen LogP contribution >= 0.6 is 24.8 Å². The highest BCUT2D eigenvalue weighted by atomic mass is 35.5. The lowest BCUT2D eigenvalue weighted by atomic mass is 9.88. The summed E-state index contributed by atoms with van der Waals surface area (Å²) in [6, 6.07) is 14.4. The van der Waals surface area contributed by atoms with Crippen LogP contribution in [0.3, 0.4) is 0 Å². The molecule has 0 saturated heterocycles. The predicted molar refractivity (Wildman–Crippen MR) is 146 cm³/mol. The van der Waals surface area contributed by atoms with Crippen molar-refractivity contribution in [3.63, 3.8) is 0 Å². The fraction of sp³-hybridized carbons (Fsp3) is 0.296. The van der Waals surface area contributed by atoms with E-state index in [0.29, 0.717) is 18.2 Å². The molecule has 0 aliphatic carbocycles. The molecule has 1 amide bonds. The predicted octanol–water partition coefficient (Wildman–Crippen LogP) is 5.75. The molecule has 0 radical (unpaired) electrons. The Bertz CT molecular complexity index is 1180. The van der Waals surface area contributed by atoms with E-state index in [1.165, 1.54) is 12.1 Å². The van der Waals surface area contributed by atoms with Crippen LogP contribution in [0, 0.1) is 19.8 Å². The molecule has 6 nitrogen and oxygen atoms in total. The number of carbonyl (C=O) groups excluding carboxylic acids is 1. The summed E-state index contributed by atoms with van der Waals surface area (Å²) in [4.78, 5) is 29.1. The average Bonchev–Trinajstić information content (AvgIpc) is 2.75. The van der Waals surface area contributed by atoms with Crippen molar-refractivity contribution in [3.05, 3.63) is 82.2 Å². The van der Waals surface area contributed by atoms with Gasteiger partial charge < -0.3 is 16.2 Å². The molecule has 0 saturated carbocycles. The maximum atomic E-state index is 13.0. The maximum absolute atomic E-state index is 13.0. The van der Waals surface area contributed by atoms with Gasteiger partial charge in [-0.3, -0.25) is 9.78 Å². The van der Waals surface area contributed by atoms with Gasteiger partial charge in [-0.25, -0.2) is 4.79 Å². The number of aryl methyl sites for hydroxylation is 2. The summed E-state index contributed by atoms with van der Waals surface area (Å²) in [6.45, 7) is 8.59. The standard InChI is InChI=1S/C27H31N3O3.2ClH/c1-16(2)12-24-23(15-28)26(19-10-8-17(3)9-11-19)22(18(4)29-24)14-25(31)30-21-7-5-6-20(13-21)27(32)33;;/h5-11,13,16H,12,14-15,28H2,1-4H3,(H,30,31)(H,32,33);2*1H. The lowest BCUT2D eigenvalue weighted by Gasteiger charge is -2.21. The molecule has 8 heteroatoms. The molecule has 3 rings (SSSR count). The third kappa shape index (κ3) is 7.52. The van der Waals surface area contributed by atoms with E-state index in [4.69, 9.17) is 10.7 Å². The monoisotopic (exact) mass is 517 g/mol. The van der Waals surface area contributed by atoms with Gasteiger partial charge in [-0.05, 0) is 66.6 Å². The normalized spacial score (nSPS) is 10.3. The van der Waals surface area contributed by atoms with E-state index >= 15 is 0 Å². The molecule has 3 aromatic rings. The van der Waals surface area contributed by atoms with E-state index in [-0.39, 0.29) is 42.7 Å². The zero-order chi connectivity index (χ0) is 24.1. The second kappa shape index (κ2) is 13.2. The number of carboxylic acids is 1. The maximum Gasteiger partial charge on any atom is 0.335 e. The van der Waals surface area contributed by atoms with Crippen LogP contribution in [0.25, 0.3) is 11.1 Å². The molecule has 0 fully saturated rings. The number of carboxylic acid groups (broad SMARTS) is 1. The molecule has 188 valence electrons. The molecule has 35 heavy (non-hydrogen) atoms. The minimum Gasteiger partial charge on any atom is -0.478 e. The van der Waals surface area contributed by atoms with E-state index in [9.17, 15) is 14.7 Å². The van der Waals surface area contributed by atoms with Gasteiger partial charge in [0.1, 0.15) is 0 Å². The second-order valence-electron chi connectivity index (χ2n) is 8.76. The van der Waals surface area contributed by atoms with Crippen LogP contribution in [0.4, 0.5) is 5.69 Å². The lowest BCUT2D eigenvalue weighted by Crippen LogP contribution is -2.19. The molecule has 2 aromatic carbocycles. The summed E-state index contributed by atoms with van der Waals surface area (Å²) in [7, 11) is 0. The van der Waals surface area contributed by atoms with Crippen molar-refractivity contribution < 1.29 is 14.7 Å². The number of amides is 1. The molecule has 1 aromatic heterocycles. The van der Waals surface area contributed by atoms with Crippen LogP contribution < -0.4 is 11.1 Å². The van der Waals surface area contributed by atoms with Crippen molar-refractivity contribution in [1.29, 1.82) is 0 Å². The summed E-state index contributed by atoms with van der Waals surface area (Å²) >= 11 is 0. The highest BCUT2D eigenvalue weighted by molar-refractivity contribution is 5.96. The van der Waals surface area contributed by atoms with Crippen molar-refractivity contribution in [1.82, 2.24) is 4.98 Å². The Kier molecular flexibility index (Phi) is 11.4. The number of benzene rings is 2. The molecule has 1 heterocycles. The number of aromatic nitrogens is 1. The van der Waals surface area contributed by atoms with Gasteiger partial charge in [0, 0.05) is 23.6 Å². The van der Waals surface area contributed by atoms with Gasteiger partial charge in [0.25, 0.3) is 0 Å². The fourth-order valence-corrected chi connectivity index (χ4v) is 4.00. The first-order valence-electron chi connectivity index (χ1n) is 11.1. The molecule has 0 unspecified atom stereocenters. The van der Waals surface area contributed by atoms with Crippen LogP contribution in [0.2, 0.25) is 0 Å². The Hall–Kier alpha value is -2.93. The van der Waals surface area contributed by atoms with Crippen molar-refractivity contribution in [2.24, 2.45) is 11.7 Å². The van der Waals surface area contributed by atoms with Crippen molar-refractivity contribution in [3.8, 4) is 11.1 Å². The summed E-state index contributed by atoms with van der Waals surface area (Å²) in [5.41, 5.74) is 13.5. The van der Waals surface area contributed by atoms with Crippen LogP contribution in [-0.4, -0.2) is 22.0 Å². The number of rotatable bonds is 8. The number of pyridine rings is 1. The smallest absolute Gasteiger partial charge is 0.335 e. The van der Waals surface area contributed by atoms with Crippen molar-refractivity contribution >= 4 is 42.4 Å². The first-order chi connectivity index (χ1) is 15.7. The molecule has 4 N–H and O–H groups in total. The number of hydrogen-bond acceptors (Lipinski definition) is 4. The van der Waals surface area contributed by atoms with Gasteiger partial charge in [0.15, 0.2) is 0 Å². The summed E-state index contributed by atoms with van der Waals surface area (Å²) in [5.74, 6) is -0.861. The number of hydrogen-bond donors (Lipinski definition) is 3. The Balaban J connectivity index is 0.00000306. The molecular weight excluding hydrogens is 485 g/mol. The Morgan fingerprint density at radius 1 is 1.03 bits per heavy atom. The number of nitrogens with zero attached hydrogens (tertiary/aromatic N) is 1. The summed E-state index contributed by atoms with van der Waals surface area (Å²) < 4.78 is 0. The minimum absolute atomic E-state index is 0. The van der Waals surface area contributed by atoms with E-state index in [2.05, 4.69) is 43.4 Å². The Labute approximate surface area is 219 Å². The molecular formula is C27H33Cl2N3O3. The number of halogens is 2. The fourth-order valence-electron chi connectivity index (χ4n) is 4.00. The van der Waals surface area contributed by atoms with Crippen LogP contribution in [0.1, 0.15) is 52.3 Å². The van der Waals surface area contributed by atoms with Crippen LogP contribution in [0.5, 0.6) is 0 Å². The molecule has 0 atom stereocenters. The topological polar surface area (TPSA) is 105 Å². The third-order valence-corrected chi connectivity index (χ3v) is 5.57. The quantitative estimate of drug-likeness (QED) is 0.352. The lowest BCUT2D eigenvalue weighted by molar-refractivity contribution is -0.115. The second-order valence-corrected chi connectivity index (χ2v) is 8.76. The van der Waals surface area contributed by atoms with E-state index < -0.39 is 5.97 Å². The molecule has 0 spiro atoms. The van der Waals surface area contributed by atoms with Gasteiger partial charge >= 0.3 is 5.97 Å². The Morgan fingerprint density at radius 2 is 1.69 bits per heavy atom.